The smallest absolute Gasteiger partial charge is 0.233 e. The lowest BCUT2D eigenvalue weighted by molar-refractivity contribution is -0.121. The molecule has 0 fully saturated rings. The number of nitrogens with one attached hydrogen (secondary N) is 1. The summed E-state index contributed by atoms with van der Waals surface area (Å²) in [5, 5.41) is 2.55. The van der Waals surface area contributed by atoms with Crippen molar-refractivity contribution in [3.8, 4) is 0 Å². The standard InChI is InChI=1S/C13H17FN2O/c1-3-8-16(10-13(17)15-2)9-11-6-4-5-7-12(11)14/h3-7H,1,8-10H2,2H3,(H,15,17). The molecule has 1 rings (SSSR count). The van der Waals surface area contributed by atoms with Crippen LogP contribution in [-0.4, -0.2) is 30.9 Å². The van der Waals surface area contributed by atoms with Gasteiger partial charge in [0, 0.05) is 25.7 Å². The number of halogens is 1. The Morgan fingerprint density at radius 3 is 2.82 bits per heavy atom. The average molecular weight is 236 g/mol. The molecule has 1 aromatic rings. The molecular weight excluding hydrogens is 219 g/mol. The van der Waals surface area contributed by atoms with E-state index in [1.165, 1.54) is 6.07 Å². The van der Waals surface area contributed by atoms with E-state index in [-0.39, 0.29) is 18.3 Å². The number of benzene rings is 1. The Labute approximate surface area is 101 Å². The fraction of sp³-hybridized carbons (Fsp3) is 0.308. The van der Waals surface area contributed by atoms with Crippen molar-refractivity contribution in [2.75, 3.05) is 20.1 Å². The molecule has 0 radical (unpaired) electrons. The van der Waals surface area contributed by atoms with Crippen LogP contribution in [-0.2, 0) is 11.3 Å². The van der Waals surface area contributed by atoms with Gasteiger partial charge in [-0.25, -0.2) is 4.39 Å². The zero-order valence-corrected chi connectivity index (χ0v) is 9.95. The summed E-state index contributed by atoms with van der Waals surface area (Å²) in [6, 6.07) is 6.57. The first kappa shape index (κ1) is 13.4. The third-order valence-corrected chi connectivity index (χ3v) is 2.39. The minimum absolute atomic E-state index is 0.0943. The number of hydrogen-bond acceptors (Lipinski definition) is 2. The van der Waals surface area contributed by atoms with Crippen LogP contribution in [0.2, 0.25) is 0 Å². The number of nitrogens with zero attached hydrogens (tertiary/aromatic N) is 1. The maximum Gasteiger partial charge on any atom is 0.233 e. The molecular formula is C13H17FN2O. The van der Waals surface area contributed by atoms with Crippen LogP contribution in [0.4, 0.5) is 4.39 Å². The van der Waals surface area contributed by atoms with Crippen LogP contribution in [0.1, 0.15) is 5.56 Å². The van der Waals surface area contributed by atoms with Crippen molar-refractivity contribution < 1.29 is 9.18 Å². The molecule has 0 saturated heterocycles. The lowest BCUT2D eigenvalue weighted by Crippen LogP contribution is -2.35. The van der Waals surface area contributed by atoms with E-state index in [2.05, 4.69) is 11.9 Å². The summed E-state index contributed by atoms with van der Waals surface area (Å²) < 4.78 is 13.5. The van der Waals surface area contributed by atoms with Crippen LogP contribution in [0.15, 0.2) is 36.9 Å². The van der Waals surface area contributed by atoms with Gasteiger partial charge in [-0.15, -0.1) is 6.58 Å². The molecule has 0 aliphatic rings. The van der Waals surface area contributed by atoms with E-state index in [1.807, 2.05) is 4.90 Å². The molecule has 1 N–H and O–H groups in total. The molecule has 0 aliphatic carbocycles. The fourth-order valence-corrected chi connectivity index (χ4v) is 1.52. The number of rotatable bonds is 6. The Kier molecular flexibility index (Phi) is 5.36. The second-order valence-corrected chi connectivity index (χ2v) is 3.72. The van der Waals surface area contributed by atoms with Crippen LogP contribution >= 0.6 is 0 Å². The Morgan fingerprint density at radius 1 is 1.53 bits per heavy atom. The van der Waals surface area contributed by atoms with Gasteiger partial charge in [0.25, 0.3) is 0 Å². The maximum absolute atomic E-state index is 13.5. The minimum Gasteiger partial charge on any atom is -0.358 e. The van der Waals surface area contributed by atoms with Gasteiger partial charge in [-0.05, 0) is 6.07 Å². The van der Waals surface area contributed by atoms with Crippen LogP contribution in [0.25, 0.3) is 0 Å². The Bertz CT molecular complexity index is 393. The molecule has 0 atom stereocenters. The van der Waals surface area contributed by atoms with Gasteiger partial charge in [-0.2, -0.15) is 0 Å². The highest BCUT2D eigenvalue weighted by molar-refractivity contribution is 5.77. The van der Waals surface area contributed by atoms with Gasteiger partial charge in [0.2, 0.25) is 5.91 Å². The van der Waals surface area contributed by atoms with E-state index in [1.54, 1.807) is 31.3 Å². The van der Waals surface area contributed by atoms with Crippen LogP contribution in [0.3, 0.4) is 0 Å². The molecule has 17 heavy (non-hydrogen) atoms. The molecule has 0 unspecified atom stereocenters. The van der Waals surface area contributed by atoms with Gasteiger partial charge in [-0.1, -0.05) is 24.3 Å². The molecule has 0 heterocycles. The first-order valence-corrected chi connectivity index (χ1v) is 5.44. The van der Waals surface area contributed by atoms with Crippen LogP contribution < -0.4 is 5.32 Å². The molecule has 0 aromatic heterocycles. The number of likely N-dealkylation sites (N-methyl/N-ethyl adjacent to an activating group) is 1. The molecule has 0 saturated carbocycles. The third kappa shape index (κ3) is 4.36. The van der Waals surface area contributed by atoms with Gasteiger partial charge in [-0.3, -0.25) is 9.69 Å². The van der Waals surface area contributed by atoms with Gasteiger partial charge in [0.15, 0.2) is 0 Å². The summed E-state index contributed by atoms with van der Waals surface area (Å²) in [7, 11) is 1.58. The summed E-state index contributed by atoms with van der Waals surface area (Å²) in [4.78, 5) is 13.1. The molecule has 0 aliphatic heterocycles. The van der Waals surface area contributed by atoms with Crippen molar-refractivity contribution in [2.24, 2.45) is 0 Å². The summed E-state index contributed by atoms with van der Waals surface area (Å²) in [5.74, 6) is -0.346. The number of hydrogen-bond donors (Lipinski definition) is 1. The summed E-state index contributed by atoms with van der Waals surface area (Å²) in [6.07, 6.45) is 1.70. The lowest BCUT2D eigenvalue weighted by Gasteiger charge is -2.19. The number of amides is 1. The second kappa shape index (κ2) is 6.81. The highest BCUT2D eigenvalue weighted by atomic mass is 19.1. The second-order valence-electron chi connectivity index (χ2n) is 3.72. The zero-order chi connectivity index (χ0) is 12.7. The SMILES string of the molecule is C=CCN(CC(=O)NC)Cc1ccccc1F. The van der Waals surface area contributed by atoms with Crippen molar-refractivity contribution in [2.45, 2.75) is 6.54 Å². The summed E-state index contributed by atoms with van der Waals surface area (Å²) in [5.41, 5.74) is 0.582. The predicted octanol–water partition coefficient (Wildman–Crippen LogP) is 1.56. The number of carbonyl (C=O) groups excluding carboxylic acids is 1. The molecule has 92 valence electrons. The normalized spacial score (nSPS) is 10.3. The van der Waals surface area contributed by atoms with E-state index in [9.17, 15) is 9.18 Å². The van der Waals surface area contributed by atoms with Crippen molar-refractivity contribution in [1.82, 2.24) is 10.2 Å². The zero-order valence-electron chi connectivity index (χ0n) is 9.95. The monoisotopic (exact) mass is 236 g/mol. The Hall–Kier alpha value is -1.68. The van der Waals surface area contributed by atoms with E-state index in [4.69, 9.17) is 0 Å². The Balaban J connectivity index is 2.69. The van der Waals surface area contributed by atoms with E-state index in [0.717, 1.165) is 0 Å². The fourth-order valence-electron chi connectivity index (χ4n) is 1.52. The van der Waals surface area contributed by atoms with Crippen LogP contribution in [0.5, 0.6) is 0 Å². The van der Waals surface area contributed by atoms with Gasteiger partial charge < -0.3 is 5.32 Å². The summed E-state index contributed by atoms with van der Waals surface area (Å²) in [6.45, 7) is 4.80. The van der Waals surface area contributed by atoms with Crippen molar-refractivity contribution in [3.05, 3.63) is 48.3 Å². The summed E-state index contributed by atoms with van der Waals surface area (Å²) >= 11 is 0. The molecule has 3 nitrogen and oxygen atoms in total. The number of carbonyl (C=O) groups is 1. The molecule has 0 bridgehead atoms. The first-order valence-electron chi connectivity index (χ1n) is 5.44. The van der Waals surface area contributed by atoms with E-state index in [0.29, 0.717) is 18.7 Å². The van der Waals surface area contributed by atoms with Crippen molar-refractivity contribution in [1.29, 1.82) is 0 Å². The lowest BCUT2D eigenvalue weighted by atomic mass is 10.2. The predicted molar refractivity (Wildman–Crippen MR) is 65.9 cm³/mol. The molecule has 1 amide bonds. The van der Waals surface area contributed by atoms with E-state index < -0.39 is 0 Å². The van der Waals surface area contributed by atoms with Crippen molar-refractivity contribution in [3.63, 3.8) is 0 Å². The Morgan fingerprint density at radius 2 is 2.24 bits per heavy atom. The van der Waals surface area contributed by atoms with Gasteiger partial charge in [0.05, 0.1) is 6.54 Å². The molecule has 4 heteroatoms. The van der Waals surface area contributed by atoms with Gasteiger partial charge in [0.1, 0.15) is 5.82 Å². The van der Waals surface area contributed by atoms with E-state index >= 15 is 0 Å². The molecule has 1 aromatic carbocycles. The van der Waals surface area contributed by atoms with Crippen LogP contribution in [0, 0.1) is 5.82 Å². The van der Waals surface area contributed by atoms with Crippen molar-refractivity contribution >= 4 is 5.91 Å². The highest BCUT2D eigenvalue weighted by Gasteiger charge is 2.10. The average Bonchev–Trinajstić information content (AvgIpc) is 2.32. The maximum atomic E-state index is 13.5. The van der Waals surface area contributed by atoms with Gasteiger partial charge >= 0.3 is 0 Å². The largest absolute Gasteiger partial charge is 0.358 e. The molecule has 0 spiro atoms. The first-order chi connectivity index (χ1) is 8.17. The quantitative estimate of drug-likeness (QED) is 0.760. The minimum atomic E-state index is -0.251. The topological polar surface area (TPSA) is 32.3 Å². The highest BCUT2D eigenvalue weighted by Crippen LogP contribution is 2.09. The third-order valence-electron chi connectivity index (χ3n) is 2.39.